The molecule has 0 saturated carbocycles. The third kappa shape index (κ3) is 1.50. The van der Waals surface area contributed by atoms with Gasteiger partial charge in [-0.2, -0.15) is 0 Å². The fraction of sp³-hybridized carbons (Fsp3) is 0.400. The van der Waals surface area contributed by atoms with Crippen LogP contribution in [-0.4, -0.2) is 46.4 Å². The number of carbonyl (C=O) groups is 1. The Hall–Kier alpha value is -1.40. The first-order valence-corrected chi connectivity index (χ1v) is 6.15. The fourth-order valence-electron chi connectivity index (χ4n) is 1.92. The summed E-state index contributed by atoms with van der Waals surface area (Å²) in [6, 6.07) is 0. The molecule has 2 aromatic heterocycles. The van der Waals surface area contributed by atoms with Crippen molar-refractivity contribution in [2.24, 2.45) is 0 Å². The minimum absolute atomic E-state index is 0.0763. The molecule has 1 amide bonds. The lowest BCUT2D eigenvalue weighted by atomic mass is 10.3. The van der Waals surface area contributed by atoms with Gasteiger partial charge in [-0.1, -0.05) is 0 Å². The molecule has 5 nitrogen and oxygen atoms in total. The van der Waals surface area contributed by atoms with Crippen molar-refractivity contribution < 1.29 is 4.79 Å². The molecule has 1 N–H and O–H groups in total. The first-order valence-electron chi connectivity index (χ1n) is 5.27. The van der Waals surface area contributed by atoms with Crippen molar-refractivity contribution in [3.63, 3.8) is 0 Å². The highest BCUT2D eigenvalue weighted by Crippen LogP contribution is 2.14. The Kier molecular flexibility index (Phi) is 2.37. The van der Waals surface area contributed by atoms with E-state index in [0.29, 0.717) is 5.69 Å². The maximum absolute atomic E-state index is 12.2. The molecule has 0 aliphatic carbocycles. The molecule has 3 heterocycles. The predicted molar refractivity (Wildman–Crippen MR) is 61.8 cm³/mol. The topological polar surface area (TPSA) is 49.6 Å². The van der Waals surface area contributed by atoms with E-state index in [-0.39, 0.29) is 5.91 Å². The summed E-state index contributed by atoms with van der Waals surface area (Å²) in [6.07, 6.45) is 3.55. The number of hydrogen-bond donors (Lipinski definition) is 1. The number of piperazine rings is 1. The van der Waals surface area contributed by atoms with Crippen LogP contribution in [0.3, 0.4) is 0 Å². The summed E-state index contributed by atoms with van der Waals surface area (Å²) in [6.45, 7) is 3.29. The van der Waals surface area contributed by atoms with Crippen LogP contribution in [0.15, 0.2) is 17.8 Å². The molecule has 1 fully saturated rings. The molecule has 0 unspecified atom stereocenters. The quantitative estimate of drug-likeness (QED) is 0.781. The Balaban J connectivity index is 1.91. The van der Waals surface area contributed by atoms with Crippen LogP contribution in [0.5, 0.6) is 0 Å². The lowest BCUT2D eigenvalue weighted by molar-refractivity contribution is 0.0729. The molecule has 84 valence electrons. The number of thiazole rings is 1. The Morgan fingerprint density at radius 2 is 2.25 bits per heavy atom. The zero-order valence-corrected chi connectivity index (χ0v) is 9.54. The summed E-state index contributed by atoms with van der Waals surface area (Å²) < 4.78 is 1.86. The number of nitrogens with zero attached hydrogens (tertiary/aromatic N) is 3. The summed E-state index contributed by atoms with van der Waals surface area (Å²) in [5.74, 6) is 0.0763. The number of hydrogen-bond acceptors (Lipinski definition) is 4. The van der Waals surface area contributed by atoms with Gasteiger partial charge in [-0.25, -0.2) is 4.98 Å². The van der Waals surface area contributed by atoms with Gasteiger partial charge in [-0.05, 0) is 0 Å². The number of aromatic nitrogens is 2. The molecule has 0 spiro atoms. The van der Waals surface area contributed by atoms with Gasteiger partial charge in [0.05, 0.1) is 6.20 Å². The minimum Gasteiger partial charge on any atom is -0.335 e. The smallest absolute Gasteiger partial charge is 0.272 e. The Morgan fingerprint density at radius 1 is 1.44 bits per heavy atom. The van der Waals surface area contributed by atoms with Crippen molar-refractivity contribution in [1.29, 1.82) is 0 Å². The molecule has 2 aromatic rings. The fourth-order valence-corrected chi connectivity index (χ4v) is 2.61. The number of imidazole rings is 1. The number of amides is 1. The van der Waals surface area contributed by atoms with Crippen molar-refractivity contribution >= 4 is 22.2 Å². The van der Waals surface area contributed by atoms with E-state index in [1.165, 1.54) is 0 Å². The number of rotatable bonds is 1. The summed E-state index contributed by atoms with van der Waals surface area (Å²) >= 11 is 1.54. The Bertz CT molecular complexity index is 512. The second-order valence-electron chi connectivity index (χ2n) is 3.74. The molecule has 1 aliphatic rings. The number of fused-ring (bicyclic) bond motifs is 1. The molecule has 3 rings (SSSR count). The predicted octanol–water partition coefficient (Wildman–Crippen LogP) is 0.441. The molecule has 0 bridgehead atoms. The van der Waals surface area contributed by atoms with Crippen LogP contribution in [0.25, 0.3) is 4.96 Å². The van der Waals surface area contributed by atoms with Crippen LogP contribution in [0.2, 0.25) is 0 Å². The van der Waals surface area contributed by atoms with Gasteiger partial charge >= 0.3 is 0 Å². The highest BCUT2D eigenvalue weighted by molar-refractivity contribution is 7.15. The molecule has 0 radical (unpaired) electrons. The maximum atomic E-state index is 12.2. The SMILES string of the molecule is O=C(c1cnc2sccn12)N1CCNCC1. The van der Waals surface area contributed by atoms with Crippen molar-refractivity contribution in [2.45, 2.75) is 0 Å². The third-order valence-corrected chi connectivity index (χ3v) is 3.54. The third-order valence-electron chi connectivity index (χ3n) is 2.77. The van der Waals surface area contributed by atoms with E-state index in [2.05, 4.69) is 10.3 Å². The molecule has 0 atom stereocenters. The average molecular weight is 236 g/mol. The summed E-state index contributed by atoms with van der Waals surface area (Å²) in [5.41, 5.74) is 0.665. The van der Waals surface area contributed by atoms with E-state index in [1.54, 1.807) is 17.5 Å². The van der Waals surface area contributed by atoms with Crippen LogP contribution in [-0.2, 0) is 0 Å². The van der Waals surface area contributed by atoms with E-state index in [0.717, 1.165) is 31.1 Å². The molecular weight excluding hydrogens is 224 g/mol. The molecule has 16 heavy (non-hydrogen) atoms. The van der Waals surface area contributed by atoms with Gasteiger partial charge in [0, 0.05) is 37.8 Å². The first-order chi connectivity index (χ1) is 7.86. The average Bonchev–Trinajstić information content (AvgIpc) is 2.91. The molecular formula is C10H12N4OS. The second kappa shape index (κ2) is 3.88. The van der Waals surface area contributed by atoms with Crippen LogP contribution >= 0.6 is 11.3 Å². The van der Waals surface area contributed by atoms with Gasteiger partial charge < -0.3 is 10.2 Å². The van der Waals surface area contributed by atoms with Crippen LogP contribution < -0.4 is 5.32 Å². The monoisotopic (exact) mass is 236 g/mol. The summed E-state index contributed by atoms with van der Waals surface area (Å²) in [7, 11) is 0. The first kappa shape index (κ1) is 9.80. The Labute approximate surface area is 96.7 Å². The van der Waals surface area contributed by atoms with E-state index in [9.17, 15) is 4.79 Å². The van der Waals surface area contributed by atoms with Crippen LogP contribution in [0, 0.1) is 0 Å². The highest BCUT2D eigenvalue weighted by Gasteiger charge is 2.21. The zero-order chi connectivity index (χ0) is 11.0. The number of nitrogens with one attached hydrogen (secondary N) is 1. The lowest BCUT2D eigenvalue weighted by Gasteiger charge is -2.26. The molecule has 1 saturated heterocycles. The highest BCUT2D eigenvalue weighted by atomic mass is 32.1. The molecule has 1 aliphatic heterocycles. The summed E-state index contributed by atoms with van der Waals surface area (Å²) in [4.78, 5) is 19.2. The van der Waals surface area contributed by atoms with E-state index >= 15 is 0 Å². The van der Waals surface area contributed by atoms with Crippen LogP contribution in [0.1, 0.15) is 10.5 Å². The lowest BCUT2D eigenvalue weighted by Crippen LogP contribution is -2.46. The van der Waals surface area contributed by atoms with Crippen molar-refractivity contribution in [2.75, 3.05) is 26.2 Å². The van der Waals surface area contributed by atoms with Gasteiger partial charge in [-0.3, -0.25) is 9.20 Å². The van der Waals surface area contributed by atoms with Gasteiger partial charge in [0.15, 0.2) is 4.96 Å². The van der Waals surface area contributed by atoms with Crippen LogP contribution in [0.4, 0.5) is 0 Å². The minimum atomic E-state index is 0.0763. The van der Waals surface area contributed by atoms with Gasteiger partial charge in [0.25, 0.3) is 5.91 Å². The van der Waals surface area contributed by atoms with E-state index < -0.39 is 0 Å². The van der Waals surface area contributed by atoms with Gasteiger partial charge in [0.1, 0.15) is 5.69 Å². The normalized spacial score (nSPS) is 16.9. The van der Waals surface area contributed by atoms with Gasteiger partial charge in [0.2, 0.25) is 0 Å². The second-order valence-corrected chi connectivity index (χ2v) is 4.61. The maximum Gasteiger partial charge on any atom is 0.272 e. The zero-order valence-electron chi connectivity index (χ0n) is 8.72. The van der Waals surface area contributed by atoms with Crippen molar-refractivity contribution in [3.8, 4) is 0 Å². The number of carbonyl (C=O) groups excluding carboxylic acids is 1. The van der Waals surface area contributed by atoms with Gasteiger partial charge in [-0.15, -0.1) is 11.3 Å². The van der Waals surface area contributed by atoms with Crippen molar-refractivity contribution in [3.05, 3.63) is 23.5 Å². The van der Waals surface area contributed by atoms with E-state index in [1.807, 2.05) is 20.9 Å². The van der Waals surface area contributed by atoms with E-state index in [4.69, 9.17) is 0 Å². The standard InChI is InChI=1S/C10H12N4OS/c15-9(13-3-1-11-2-4-13)8-7-12-10-14(8)5-6-16-10/h5-7,11H,1-4H2. The Morgan fingerprint density at radius 3 is 3.06 bits per heavy atom. The molecule has 0 aromatic carbocycles. The largest absolute Gasteiger partial charge is 0.335 e. The van der Waals surface area contributed by atoms with Crippen molar-refractivity contribution in [1.82, 2.24) is 19.6 Å². The summed E-state index contributed by atoms with van der Waals surface area (Å²) in [5, 5.41) is 5.17. The molecule has 6 heteroatoms.